The number of aliphatic hydroxyl groups is 1. The van der Waals surface area contributed by atoms with Crippen molar-refractivity contribution < 1.29 is 5.11 Å². The van der Waals surface area contributed by atoms with Crippen LogP contribution in [0.1, 0.15) is 110 Å². The van der Waals surface area contributed by atoms with Gasteiger partial charge < -0.3 is 10.4 Å². The van der Waals surface area contributed by atoms with Crippen LogP contribution in [0.15, 0.2) is 24.4 Å². The summed E-state index contributed by atoms with van der Waals surface area (Å²) in [5.74, 6) is 0. The first-order valence-corrected chi connectivity index (χ1v) is 10.9. The molecule has 0 saturated heterocycles. The Morgan fingerprint density at radius 1 is 0.840 bits per heavy atom. The normalized spacial score (nSPS) is 12.6. The van der Waals surface area contributed by atoms with Crippen molar-refractivity contribution in [1.29, 1.82) is 0 Å². The van der Waals surface area contributed by atoms with Crippen LogP contribution >= 0.6 is 0 Å². The molecule has 0 radical (unpaired) electrons. The Bertz CT molecular complexity index is 307. The van der Waals surface area contributed by atoms with Crippen molar-refractivity contribution in [2.75, 3.05) is 6.61 Å². The number of nitrogens with one attached hydrogen (secondary N) is 1. The van der Waals surface area contributed by atoms with Crippen molar-refractivity contribution in [2.45, 2.75) is 116 Å². The van der Waals surface area contributed by atoms with E-state index in [1.807, 2.05) is 0 Å². The van der Waals surface area contributed by atoms with Crippen LogP contribution in [0, 0.1) is 0 Å². The van der Waals surface area contributed by atoms with Gasteiger partial charge in [-0.3, -0.25) is 0 Å². The quantitative estimate of drug-likeness (QED) is 0.196. The van der Waals surface area contributed by atoms with Crippen molar-refractivity contribution in [3.63, 3.8) is 0 Å². The molecule has 0 spiro atoms. The highest BCUT2D eigenvalue weighted by Crippen LogP contribution is 2.11. The third-order valence-electron chi connectivity index (χ3n) is 4.86. The molecule has 0 saturated carbocycles. The van der Waals surface area contributed by atoms with Gasteiger partial charge in [-0.05, 0) is 44.9 Å². The molecule has 0 amide bonds. The van der Waals surface area contributed by atoms with Gasteiger partial charge in [0.05, 0.1) is 6.61 Å². The van der Waals surface area contributed by atoms with Gasteiger partial charge in [-0.1, -0.05) is 83.9 Å². The van der Waals surface area contributed by atoms with Crippen LogP contribution in [0.2, 0.25) is 0 Å². The standard InChI is InChI=1S/C23H45NO/c1-4-6-7-8-9-10-11-12-13-14-15-16-17-18-19-20-22(3)24-23(5-2)21-25/h12-13,23-25H,3-11,14-21H2,1-2H3/b13-12-. The largest absolute Gasteiger partial charge is 0.394 e. The maximum atomic E-state index is 9.17. The molecule has 0 aromatic rings. The zero-order valence-electron chi connectivity index (χ0n) is 17.2. The van der Waals surface area contributed by atoms with Gasteiger partial charge in [0.1, 0.15) is 0 Å². The van der Waals surface area contributed by atoms with E-state index in [9.17, 15) is 0 Å². The third-order valence-corrected chi connectivity index (χ3v) is 4.86. The maximum Gasteiger partial charge on any atom is 0.0632 e. The predicted molar refractivity (Wildman–Crippen MR) is 113 cm³/mol. The summed E-state index contributed by atoms with van der Waals surface area (Å²) in [4.78, 5) is 0. The molecular formula is C23H45NO. The van der Waals surface area contributed by atoms with Gasteiger partial charge >= 0.3 is 0 Å². The van der Waals surface area contributed by atoms with Crippen LogP contribution < -0.4 is 5.32 Å². The van der Waals surface area contributed by atoms with Gasteiger partial charge in [-0.25, -0.2) is 0 Å². The van der Waals surface area contributed by atoms with Crippen molar-refractivity contribution >= 4 is 0 Å². The van der Waals surface area contributed by atoms with E-state index in [4.69, 9.17) is 5.11 Å². The highest BCUT2D eigenvalue weighted by atomic mass is 16.3. The van der Waals surface area contributed by atoms with E-state index in [1.165, 1.54) is 83.5 Å². The number of unbranched alkanes of at least 4 members (excludes halogenated alkanes) is 11. The van der Waals surface area contributed by atoms with Gasteiger partial charge in [0.25, 0.3) is 0 Å². The van der Waals surface area contributed by atoms with E-state index < -0.39 is 0 Å². The van der Waals surface area contributed by atoms with Crippen molar-refractivity contribution in [3.8, 4) is 0 Å². The fraction of sp³-hybridized carbons (Fsp3) is 0.826. The van der Waals surface area contributed by atoms with Crippen molar-refractivity contribution in [3.05, 3.63) is 24.4 Å². The van der Waals surface area contributed by atoms with E-state index in [0.717, 1.165) is 18.5 Å². The second-order valence-electron chi connectivity index (χ2n) is 7.37. The minimum atomic E-state index is 0.177. The van der Waals surface area contributed by atoms with E-state index in [-0.39, 0.29) is 12.6 Å². The Labute approximate surface area is 158 Å². The molecule has 0 fully saturated rings. The first-order valence-electron chi connectivity index (χ1n) is 10.9. The van der Waals surface area contributed by atoms with Crippen LogP contribution in [0.25, 0.3) is 0 Å². The molecule has 1 atom stereocenters. The van der Waals surface area contributed by atoms with Crippen LogP contribution in [0.3, 0.4) is 0 Å². The fourth-order valence-corrected chi connectivity index (χ4v) is 3.05. The summed E-state index contributed by atoms with van der Waals surface area (Å²) < 4.78 is 0. The molecule has 0 aromatic heterocycles. The van der Waals surface area contributed by atoms with Gasteiger partial charge in [-0.15, -0.1) is 0 Å². The minimum Gasteiger partial charge on any atom is -0.394 e. The Kier molecular flexibility index (Phi) is 19.0. The van der Waals surface area contributed by atoms with Gasteiger partial charge in [-0.2, -0.15) is 0 Å². The first kappa shape index (κ1) is 24.2. The van der Waals surface area contributed by atoms with E-state index in [0.29, 0.717) is 0 Å². The molecule has 2 heteroatoms. The fourth-order valence-electron chi connectivity index (χ4n) is 3.05. The highest BCUT2D eigenvalue weighted by molar-refractivity contribution is 4.93. The first-order chi connectivity index (χ1) is 12.2. The summed E-state index contributed by atoms with van der Waals surface area (Å²) in [6.45, 7) is 8.62. The predicted octanol–water partition coefficient (Wildman–Crippen LogP) is 6.90. The molecule has 25 heavy (non-hydrogen) atoms. The summed E-state index contributed by atoms with van der Waals surface area (Å²) in [5.41, 5.74) is 1.08. The Balaban J connectivity index is 3.28. The lowest BCUT2D eigenvalue weighted by Gasteiger charge is -2.17. The molecule has 0 heterocycles. The molecule has 148 valence electrons. The number of hydrogen-bond donors (Lipinski definition) is 2. The molecule has 2 N–H and O–H groups in total. The van der Waals surface area contributed by atoms with Crippen LogP contribution in [0.4, 0.5) is 0 Å². The maximum absolute atomic E-state index is 9.17. The Morgan fingerprint density at radius 3 is 1.88 bits per heavy atom. The number of rotatable bonds is 19. The molecule has 0 aliphatic rings. The van der Waals surface area contributed by atoms with E-state index in [2.05, 4.69) is 37.9 Å². The molecule has 0 rings (SSSR count). The Morgan fingerprint density at radius 2 is 1.36 bits per heavy atom. The lowest BCUT2D eigenvalue weighted by Crippen LogP contribution is -2.30. The minimum absolute atomic E-state index is 0.177. The van der Waals surface area contributed by atoms with Gasteiger partial charge in [0.2, 0.25) is 0 Å². The lowest BCUT2D eigenvalue weighted by atomic mass is 10.1. The van der Waals surface area contributed by atoms with Gasteiger partial charge in [0, 0.05) is 11.7 Å². The molecule has 1 unspecified atom stereocenters. The van der Waals surface area contributed by atoms with Gasteiger partial charge in [0.15, 0.2) is 0 Å². The summed E-state index contributed by atoms with van der Waals surface area (Å²) in [5, 5.41) is 12.5. The topological polar surface area (TPSA) is 32.3 Å². The summed E-state index contributed by atoms with van der Waals surface area (Å²) in [6.07, 6.45) is 24.1. The van der Waals surface area contributed by atoms with Crippen LogP contribution in [0.5, 0.6) is 0 Å². The monoisotopic (exact) mass is 351 g/mol. The molecule has 0 aliphatic carbocycles. The Hall–Kier alpha value is -0.760. The third kappa shape index (κ3) is 17.8. The smallest absolute Gasteiger partial charge is 0.0632 e. The number of aliphatic hydroxyl groups excluding tert-OH is 1. The zero-order valence-corrected chi connectivity index (χ0v) is 17.2. The van der Waals surface area contributed by atoms with Crippen molar-refractivity contribution in [2.24, 2.45) is 0 Å². The summed E-state index contributed by atoms with van der Waals surface area (Å²) >= 11 is 0. The van der Waals surface area contributed by atoms with Crippen LogP contribution in [-0.2, 0) is 0 Å². The van der Waals surface area contributed by atoms with E-state index in [1.54, 1.807) is 0 Å². The SMILES string of the molecule is C=C(CCCCCCC/C=C\CCCCCCCC)NC(CC)CO. The molecule has 0 aromatic carbocycles. The lowest BCUT2D eigenvalue weighted by molar-refractivity contribution is 0.245. The van der Waals surface area contributed by atoms with E-state index >= 15 is 0 Å². The number of hydrogen-bond acceptors (Lipinski definition) is 2. The molecule has 2 nitrogen and oxygen atoms in total. The molecule has 0 aliphatic heterocycles. The van der Waals surface area contributed by atoms with Crippen molar-refractivity contribution in [1.82, 2.24) is 5.32 Å². The average Bonchev–Trinajstić information content (AvgIpc) is 2.62. The molecular weight excluding hydrogens is 306 g/mol. The zero-order chi connectivity index (χ0) is 18.6. The second kappa shape index (κ2) is 19.6. The summed E-state index contributed by atoms with van der Waals surface area (Å²) in [7, 11) is 0. The molecule has 0 bridgehead atoms. The highest BCUT2D eigenvalue weighted by Gasteiger charge is 2.04. The second-order valence-corrected chi connectivity index (χ2v) is 7.37. The average molecular weight is 352 g/mol. The summed E-state index contributed by atoms with van der Waals surface area (Å²) in [6, 6.07) is 0.177. The van der Waals surface area contributed by atoms with Crippen LogP contribution in [-0.4, -0.2) is 17.8 Å². The number of allylic oxidation sites excluding steroid dienone is 3.